The van der Waals surface area contributed by atoms with Gasteiger partial charge in [-0.15, -0.1) is 0 Å². The summed E-state index contributed by atoms with van der Waals surface area (Å²) < 4.78 is 2.93. The first-order chi connectivity index (χ1) is 8.23. The molecule has 1 aromatic heterocycles. The predicted octanol–water partition coefficient (Wildman–Crippen LogP) is 3.94. The highest BCUT2D eigenvalue weighted by atomic mass is 79.9. The molecule has 0 bridgehead atoms. The van der Waals surface area contributed by atoms with Gasteiger partial charge in [-0.3, -0.25) is 0 Å². The first-order valence-corrected chi connectivity index (χ1v) is 6.54. The van der Waals surface area contributed by atoms with Gasteiger partial charge in [0.2, 0.25) is 0 Å². The number of hydrogen-bond donors (Lipinski definition) is 1. The molecule has 0 saturated carbocycles. The average Bonchev–Trinajstić information content (AvgIpc) is 2.51. The lowest BCUT2D eigenvalue weighted by Gasteiger charge is -2.21. The van der Waals surface area contributed by atoms with Crippen molar-refractivity contribution >= 4 is 32.8 Å². The Bertz CT molecular complexity index is 635. The molecule has 1 heterocycles. The number of carboxylic acid groups (broad SMARTS) is 1. The number of carbonyl (C=O) groups is 1. The molecule has 0 atom stereocenters. The van der Waals surface area contributed by atoms with Crippen molar-refractivity contribution in [3.63, 3.8) is 0 Å². The molecule has 1 N–H and O–H groups in total. The predicted molar refractivity (Wildman–Crippen MR) is 76.3 cm³/mol. The van der Waals surface area contributed by atoms with E-state index in [1.54, 1.807) is 0 Å². The smallest absolute Gasteiger partial charge is 0.338 e. The van der Waals surface area contributed by atoms with Gasteiger partial charge in [-0.1, -0.05) is 42.8 Å². The van der Waals surface area contributed by atoms with Gasteiger partial charge in [0.1, 0.15) is 0 Å². The Kier molecular flexibility index (Phi) is 3.01. The van der Waals surface area contributed by atoms with Gasteiger partial charge in [0.05, 0.1) is 5.56 Å². The molecule has 0 aliphatic rings. The summed E-state index contributed by atoms with van der Waals surface area (Å²) in [5, 5.41) is 10.3. The second-order valence-corrected chi connectivity index (χ2v) is 6.41. The van der Waals surface area contributed by atoms with Crippen LogP contribution in [-0.4, -0.2) is 15.6 Å². The molecule has 2 aromatic rings. The minimum atomic E-state index is -0.868. The van der Waals surface area contributed by atoms with E-state index in [-0.39, 0.29) is 5.41 Å². The fourth-order valence-electron chi connectivity index (χ4n) is 2.50. The SMILES string of the molecule is Cn1c(C(C)(C)C)c(C(=O)O)c2ccc(Br)cc21. The van der Waals surface area contributed by atoms with E-state index in [2.05, 4.69) is 15.9 Å². The molecule has 0 radical (unpaired) electrons. The third-order valence-electron chi connectivity index (χ3n) is 3.09. The third kappa shape index (κ3) is 1.94. The molecule has 18 heavy (non-hydrogen) atoms. The second kappa shape index (κ2) is 4.12. The molecular formula is C14H16BrNO2. The summed E-state index contributed by atoms with van der Waals surface area (Å²) in [4.78, 5) is 11.6. The summed E-state index contributed by atoms with van der Waals surface area (Å²) in [6.07, 6.45) is 0. The molecule has 0 unspecified atom stereocenters. The van der Waals surface area contributed by atoms with Gasteiger partial charge in [-0.05, 0) is 12.1 Å². The van der Waals surface area contributed by atoms with Crippen molar-refractivity contribution < 1.29 is 9.90 Å². The molecule has 96 valence electrons. The van der Waals surface area contributed by atoms with Crippen molar-refractivity contribution in [2.75, 3.05) is 0 Å². The zero-order chi connectivity index (χ0) is 13.7. The number of aromatic carboxylic acids is 1. The number of aryl methyl sites for hydroxylation is 1. The van der Waals surface area contributed by atoms with E-state index in [0.717, 1.165) is 21.1 Å². The fourth-order valence-corrected chi connectivity index (χ4v) is 2.85. The zero-order valence-corrected chi connectivity index (χ0v) is 12.5. The molecular weight excluding hydrogens is 294 g/mol. The zero-order valence-electron chi connectivity index (χ0n) is 10.9. The highest BCUT2D eigenvalue weighted by molar-refractivity contribution is 9.10. The number of halogens is 1. The molecule has 1 aromatic carbocycles. The number of aromatic nitrogens is 1. The average molecular weight is 310 g/mol. The van der Waals surface area contributed by atoms with Gasteiger partial charge < -0.3 is 9.67 Å². The maximum Gasteiger partial charge on any atom is 0.338 e. The molecule has 2 rings (SSSR count). The van der Waals surface area contributed by atoms with Gasteiger partial charge in [0.15, 0.2) is 0 Å². The van der Waals surface area contributed by atoms with Crippen LogP contribution >= 0.6 is 15.9 Å². The van der Waals surface area contributed by atoms with Crippen molar-refractivity contribution in [3.8, 4) is 0 Å². The first kappa shape index (κ1) is 13.1. The van der Waals surface area contributed by atoms with E-state index < -0.39 is 5.97 Å². The van der Waals surface area contributed by atoms with E-state index in [4.69, 9.17) is 0 Å². The van der Waals surface area contributed by atoms with Crippen molar-refractivity contribution in [2.45, 2.75) is 26.2 Å². The molecule has 0 aliphatic carbocycles. The molecule has 0 spiro atoms. The van der Waals surface area contributed by atoms with Crippen LogP contribution in [0, 0.1) is 0 Å². The van der Waals surface area contributed by atoms with Crippen molar-refractivity contribution in [2.24, 2.45) is 7.05 Å². The van der Waals surface area contributed by atoms with Gasteiger partial charge in [0, 0.05) is 33.5 Å². The minimum absolute atomic E-state index is 0.214. The van der Waals surface area contributed by atoms with Crippen molar-refractivity contribution in [1.82, 2.24) is 4.57 Å². The maximum atomic E-state index is 11.6. The Morgan fingerprint density at radius 3 is 2.44 bits per heavy atom. The Morgan fingerprint density at radius 2 is 1.94 bits per heavy atom. The number of benzene rings is 1. The van der Waals surface area contributed by atoms with Crippen LogP contribution in [0.4, 0.5) is 0 Å². The van der Waals surface area contributed by atoms with Crippen LogP contribution < -0.4 is 0 Å². The van der Waals surface area contributed by atoms with E-state index in [1.807, 2.05) is 50.6 Å². The highest BCUT2D eigenvalue weighted by Crippen LogP contribution is 2.34. The first-order valence-electron chi connectivity index (χ1n) is 5.75. The highest BCUT2D eigenvalue weighted by Gasteiger charge is 2.28. The van der Waals surface area contributed by atoms with Gasteiger partial charge in [-0.2, -0.15) is 0 Å². The Labute approximate surface area is 115 Å². The van der Waals surface area contributed by atoms with Gasteiger partial charge in [-0.25, -0.2) is 4.79 Å². The van der Waals surface area contributed by atoms with Crippen molar-refractivity contribution in [3.05, 3.63) is 33.9 Å². The number of hydrogen-bond acceptors (Lipinski definition) is 1. The van der Waals surface area contributed by atoms with Crippen LogP contribution in [0.2, 0.25) is 0 Å². The van der Waals surface area contributed by atoms with Crippen molar-refractivity contribution in [1.29, 1.82) is 0 Å². The Balaban J connectivity index is 2.97. The second-order valence-electron chi connectivity index (χ2n) is 5.50. The largest absolute Gasteiger partial charge is 0.478 e. The van der Waals surface area contributed by atoms with Crippen LogP contribution in [-0.2, 0) is 12.5 Å². The topological polar surface area (TPSA) is 42.2 Å². The van der Waals surface area contributed by atoms with Crippen LogP contribution in [0.15, 0.2) is 22.7 Å². The van der Waals surface area contributed by atoms with Crippen LogP contribution in [0.1, 0.15) is 36.8 Å². The lowest BCUT2D eigenvalue weighted by atomic mass is 9.88. The Morgan fingerprint density at radius 1 is 1.33 bits per heavy atom. The standard InChI is InChI=1S/C14H16BrNO2/c1-14(2,3)12-11(13(17)18)9-6-5-8(15)7-10(9)16(12)4/h5-7H,1-4H3,(H,17,18). The van der Waals surface area contributed by atoms with E-state index in [1.165, 1.54) is 0 Å². The molecule has 0 fully saturated rings. The summed E-state index contributed by atoms with van der Waals surface area (Å²) in [7, 11) is 1.92. The summed E-state index contributed by atoms with van der Waals surface area (Å²) in [5.41, 5.74) is 1.98. The Hall–Kier alpha value is -1.29. The molecule has 0 aliphatic heterocycles. The number of carboxylic acids is 1. The summed E-state index contributed by atoms with van der Waals surface area (Å²) in [5.74, 6) is -0.868. The van der Waals surface area contributed by atoms with Crippen LogP contribution in [0.25, 0.3) is 10.9 Å². The number of nitrogens with zero attached hydrogens (tertiary/aromatic N) is 1. The fraction of sp³-hybridized carbons (Fsp3) is 0.357. The molecule has 4 heteroatoms. The van der Waals surface area contributed by atoms with Crippen LogP contribution in [0.5, 0.6) is 0 Å². The summed E-state index contributed by atoms with van der Waals surface area (Å²) >= 11 is 3.43. The number of rotatable bonds is 1. The van der Waals surface area contributed by atoms with Gasteiger partial charge in [0.25, 0.3) is 0 Å². The van der Waals surface area contributed by atoms with E-state index >= 15 is 0 Å². The maximum absolute atomic E-state index is 11.6. The quantitative estimate of drug-likeness (QED) is 0.867. The summed E-state index contributed by atoms with van der Waals surface area (Å²) in [6, 6.07) is 5.69. The minimum Gasteiger partial charge on any atom is -0.478 e. The van der Waals surface area contributed by atoms with Gasteiger partial charge >= 0.3 is 5.97 Å². The lowest BCUT2D eigenvalue weighted by Crippen LogP contribution is -2.19. The third-order valence-corrected chi connectivity index (χ3v) is 3.58. The van der Waals surface area contributed by atoms with Crippen LogP contribution in [0.3, 0.4) is 0 Å². The van der Waals surface area contributed by atoms with E-state index in [9.17, 15) is 9.90 Å². The monoisotopic (exact) mass is 309 g/mol. The lowest BCUT2D eigenvalue weighted by molar-refractivity contribution is 0.0696. The molecule has 0 amide bonds. The molecule has 3 nitrogen and oxygen atoms in total. The van der Waals surface area contributed by atoms with E-state index in [0.29, 0.717) is 5.56 Å². The molecule has 0 saturated heterocycles. The number of fused-ring (bicyclic) bond motifs is 1. The normalized spacial score (nSPS) is 12.1. The summed E-state index contributed by atoms with van der Waals surface area (Å²) in [6.45, 7) is 6.09.